The summed E-state index contributed by atoms with van der Waals surface area (Å²) in [6, 6.07) is 13.6. The Morgan fingerprint density at radius 1 is 1.09 bits per heavy atom. The highest BCUT2D eigenvalue weighted by atomic mass is 35.5. The third-order valence-electron chi connectivity index (χ3n) is 3.92. The van der Waals surface area contributed by atoms with Crippen LogP contribution in [0.2, 0.25) is 5.02 Å². The third kappa shape index (κ3) is 3.09. The average molecular weight is 327 g/mol. The molecule has 0 spiro atoms. The van der Waals surface area contributed by atoms with Gasteiger partial charge in [-0.05, 0) is 49.2 Å². The van der Waals surface area contributed by atoms with Gasteiger partial charge in [0.25, 0.3) is 0 Å². The molecule has 1 aliphatic heterocycles. The average Bonchev–Trinajstić information content (AvgIpc) is 2.49. The van der Waals surface area contributed by atoms with Crippen LogP contribution in [-0.4, -0.2) is 5.96 Å². The van der Waals surface area contributed by atoms with Gasteiger partial charge in [-0.25, -0.2) is 4.99 Å². The second kappa shape index (κ2) is 5.72. The van der Waals surface area contributed by atoms with Crippen LogP contribution in [0, 0.1) is 13.8 Å². The molecule has 2 aromatic rings. The number of hydrogen-bond acceptors (Lipinski definition) is 4. The molecule has 5 N–H and O–H groups in total. The molecule has 118 valence electrons. The molecule has 0 saturated heterocycles. The van der Waals surface area contributed by atoms with Gasteiger partial charge in [-0.15, -0.1) is 0 Å². The summed E-state index contributed by atoms with van der Waals surface area (Å²) in [4.78, 5) is 4.38. The summed E-state index contributed by atoms with van der Waals surface area (Å²) in [5.74, 6) is 0.292. The molecular weight excluding hydrogens is 308 g/mol. The highest BCUT2D eigenvalue weighted by Gasteiger charge is 2.29. The summed E-state index contributed by atoms with van der Waals surface area (Å²) < 4.78 is 0. The maximum Gasteiger partial charge on any atom is 0.195 e. The van der Waals surface area contributed by atoms with E-state index in [9.17, 15) is 0 Å². The van der Waals surface area contributed by atoms with Crippen LogP contribution in [0.5, 0.6) is 0 Å². The largest absolute Gasteiger partial charge is 0.370 e. The number of nitrogens with two attached hydrogens (primary N) is 2. The van der Waals surface area contributed by atoms with Gasteiger partial charge in [0.1, 0.15) is 0 Å². The van der Waals surface area contributed by atoms with E-state index < -0.39 is 5.66 Å². The molecule has 0 bridgehead atoms. The fraction of sp³-hybridized carbons (Fsp3) is 0.167. The van der Waals surface area contributed by atoms with Crippen molar-refractivity contribution in [3.05, 3.63) is 75.8 Å². The second-order valence-electron chi connectivity index (χ2n) is 5.83. The van der Waals surface area contributed by atoms with Gasteiger partial charge in [0, 0.05) is 16.3 Å². The Labute approximate surface area is 140 Å². The molecule has 0 saturated carbocycles. The smallest absolute Gasteiger partial charge is 0.195 e. The van der Waals surface area contributed by atoms with Crippen molar-refractivity contribution in [3.8, 4) is 0 Å². The van der Waals surface area contributed by atoms with Gasteiger partial charge in [-0.3, -0.25) is 5.73 Å². The molecule has 3 rings (SSSR count). The van der Waals surface area contributed by atoms with Crippen LogP contribution < -0.4 is 16.8 Å². The van der Waals surface area contributed by atoms with Crippen molar-refractivity contribution in [2.24, 2.45) is 16.5 Å². The molecule has 1 unspecified atom stereocenters. The van der Waals surface area contributed by atoms with Crippen molar-refractivity contribution in [2.45, 2.75) is 19.5 Å². The Morgan fingerprint density at radius 3 is 2.48 bits per heavy atom. The second-order valence-corrected chi connectivity index (χ2v) is 6.27. The molecule has 0 radical (unpaired) electrons. The normalized spacial score (nSPS) is 20.5. The first-order chi connectivity index (χ1) is 10.9. The predicted octanol–water partition coefficient (Wildman–Crippen LogP) is 3.03. The van der Waals surface area contributed by atoms with E-state index in [0.29, 0.717) is 11.0 Å². The Kier molecular flexibility index (Phi) is 3.88. The third-order valence-corrected chi connectivity index (χ3v) is 4.17. The molecule has 5 heteroatoms. The number of aliphatic imine (C=N–C) groups is 1. The zero-order valence-electron chi connectivity index (χ0n) is 13.1. The molecule has 0 amide bonds. The zero-order valence-corrected chi connectivity index (χ0v) is 13.9. The lowest BCUT2D eigenvalue weighted by Gasteiger charge is -2.29. The summed E-state index contributed by atoms with van der Waals surface area (Å²) in [5.41, 5.74) is 16.5. The van der Waals surface area contributed by atoms with E-state index in [1.54, 1.807) is 12.1 Å². The van der Waals surface area contributed by atoms with Crippen LogP contribution >= 0.6 is 11.6 Å². The highest BCUT2D eigenvalue weighted by molar-refractivity contribution is 6.30. The number of halogens is 1. The van der Waals surface area contributed by atoms with Gasteiger partial charge in [-0.2, -0.15) is 0 Å². The van der Waals surface area contributed by atoms with E-state index in [2.05, 4.69) is 42.4 Å². The van der Waals surface area contributed by atoms with E-state index in [4.69, 9.17) is 23.1 Å². The summed E-state index contributed by atoms with van der Waals surface area (Å²) >= 11 is 5.96. The van der Waals surface area contributed by atoms with Gasteiger partial charge in [0.05, 0.1) is 0 Å². The van der Waals surface area contributed by atoms with Crippen molar-refractivity contribution in [2.75, 3.05) is 0 Å². The Morgan fingerprint density at radius 2 is 1.78 bits per heavy atom. The lowest BCUT2D eigenvalue weighted by molar-refractivity contribution is 0.585. The molecule has 0 aromatic heterocycles. The fourth-order valence-corrected chi connectivity index (χ4v) is 2.82. The maximum absolute atomic E-state index is 6.51. The maximum atomic E-state index is 6.51. The van der Waals surface area contributed by atoms with Crippen molar-refractivity contribution in [1.29, 1.82) is 0 Å². The van der Waals surface area contributed by atoms with Crippen molar-refractivity contribution in [1.82, 2.24) is 5.32 Å². The molecule has 1 heterocycles. The number of nitrogens with one attached hydrogen (secondary N) is 1. The topological polar surface area (TPSA) is 76.4 Å². The first-order valence-corrected chi connectivity index (χ1v) is 7.73. The van der Waals surface area contributed by atoms with Crippen LogP contribution in [0.3, 0.4) is 0 Å². The van der Waals surface area contributed by atoms with Gasteiger partial charge >= 0.3 is 0 Å². The van der Waals surface area contributed by atoms with Gasteiger partial charge in [0.2, 0.25) is 0 Å². The first-order valence-electron chi connectivity index (χ1n) is 7.35. The van der Waals surface area contributed by atoms with E-state index in [-0.39, 0.29) is 0 Å². The lowest BCUT2D eigenvalue weighted by Crippen LogP contribution is -2.44. The van der Waals surface area contributed by atoms with E-state index in [1.807, 2.05) is 18.2 Å². The van der Waals surface area contributed by atoms with Crippen LogP contribution in [0.4, 0.5) is 0 Å². The van der Waals surface area contributed by atoms with E-state index in [1.165, 1.54) is 5.56 Å². The van der Waals surface area contributed by atoms with E-state index >= 15 is 0 Å². The minimum atomic E-state index is -1.02. The van der Waals surface area contributed by atoms with Crippen molar-refractivity contribution < 1.29 is 0 Å². The minimum Gasteiger partial charge on any atom is -0.370 e. The fourth-order valence-electron chi connectivity index (χ4n) is 2.69. The summed E-state index contributed by atoms with van der Waals surface area (Å²) in [7, 11) is 0. The molecule has 0 aliphatic carbocycles. The van der Waals surface area contributed by atoms with Gasteiger partial charge in [-0.1, -0.05) is 41.4 Å². The van der Waals surface area contributed by atoms with Crippen LogP contribution in [0.15, 0.2) is 53.5 Å². The molecule has 4 nitrogen and oxygen atoms in total. The number of rotatable bonds is 2. The summed E-state index contributed by atoms with van der Waals surface area (Å²) in [5, 5.41) is 3.77. The SMILES string of the molecule is Cc1ccc(C)c(C2=CC(N)(c3ccc(Cl)cc3)N=C(N)N2)c1. The number of aryl methyl sites for hydroxylation is 2. The minimum absolute atomic E-state index is 0.292. The van der Waals surface area contributed by atoms with Crippen LogP contribution in [0.1, 0.15) is 22.3 Å². The quantitative estimate of drug-likeness (QED) is 0.794. The molecule has 23 heavy (non-hydrogen) atoms. The Balaban J connectivity index is 2.11. The summed E-state index contributed by atoms with van der Waals surface area (Å²) in [6.07, 6.45) is 1.90. The van der Waals surface area contributed by atoms with Gasteiger partial charge < -0.3 is 11.1 Å². The number of hydrogen-bond donors (Lipinski definition) is 3. The number of guanidine groups is 1. The monoisotopic (exact) mass is 326 g/mol. The van der Waals surface area contributed by atoms with Gasteiger partial charge in [0.15, 0.2) is 11.6 Å². The Hall–Kier alpha value is -2.30. The number of nitrogens with zero attached hydrogens (tertiary/aromatic N) is 1. The van der Waals surface area contributed by atoms with Crippen LogP contribution in [0.25, 0.3) is 5.70 Å². The Bertz CT molecular complexity index is 808. The van der Waals surface area contributed by atoms with E-state index in [0.717, 1.165) is 22.4 Å². The zero-order chi connectivity index (χ0) is 16.6. The standard InChI is InChI=1S/C18H19ClN4/c1-11-3-4-12(2)15(9-11)16-10-18(21,23-17(20)22-16)13-5-7-14(19)8-6-13/h3-10H,21H2,1-2H3,(H3,20,22,23). The predicted molar refractivity (Wildman–Crippen MR) is 96.0 cm³/mol. The molecule has 1 aliphatic rings. The van der Waals surface area contributed by atoms with Crippen LogP contribution in [-0.2, 0) is 5.66 Å². The van der Waals surface area contributed by atoms with Crippen molar-refractivity contribution >= 4 is 23.3 Å². The summed E-state index contributed by atoms with van der Waals surface area (Å²) in [6.45, 7) is 4.11. The van der Waals surface area contributed by atoms with Crippen molar-refractivity contribution in [3.63, 3.8) is 0 Å². The molecule has 2 aromatic carbocycles. The first kappa shape index (κ1) is 15.6. The molecular formula is C18H19ClN4. The molecule has 0 fully saturated rings. The lowest BCUT2D eigenvalue weighted by atomic mass is 9.94. The molecule has 1 atom stereocenters. The number of benzene rings is 2. The highest BCUT2D eigenvalue weighted by Crippen LogP contribution is 2.30.